The van der Waals surface area contributed by atoms with Gasteiger partial charge >= 0.3 is 5.97 Å². The SMILES string of the molecule is CCCCCOc1ccc(C(=O)Oc2ccc(C3CC[CH]CC3)cc2)cc1. The first-order valence-electron chi connectivity index (χ1n) is 10.1. The summed E-state index contributed by atoms with van der Waals surface area (Å²) in [6, 6.07) is 15.1. The van der Waals surface area contributed by atoms with Gasteiger partial charge in [0, 0.05) is 0 Å². The largest absolute Gasteiger partial charge is 0.494 e. The summed E-state index contributed by atoms with van der Waals surface area (Å²) in [4.78, 5) is 12.3. The van der Waals surface area contributed by atoms with Gasteiger partial charge in [0.15, 0.2) is 0 Å². The third-order valence-corrected chi connectivity index (χ3v) is 5.11. The molecule has 0 atom stereocenters. The average Bonchev–Trinajstić information content (AvgIpc) is 2.73. The summed E-state index contributed by atoms with van der Waals surface area (Å²) in [7, 11) is 0. The normalized spacial score (nSPS) is 14.7. The van der Waals surface area contributed by atoms with Crippen LogP contribution in [0, 0.1) is 6.42 Å². The molecule has 2 aromatic rings. The molecule has 3 rings (SSSR count). The Labute approximate surface area is 162 Å². The highest BCUT2D eigenvalue weighted by Crippen LogP contribution is 2.32. The quantitative estimate of drug-likeness (QED) is 0.311. The fraction of sp³-hybridized carbons (Fsp3) is 0.417. The van der Waals surface area contributed by atoms with Crippen molar-refractivity contribution in [3.8, 4) is 11.5 Å². The third kappa shape index (κ3) is 5.85. The van der Waals surface area contributed by atoms with Crippen molar-refractivity contribution in [2.24, 2.45) is 0 Å². The van der Waals surface area contributed by atoms with Crippen LogP contribution in [0.15, 0.2) is 48.5 Å². The van der Waals surface area contributed by atoms with Crippen molar-refractivity contribution in [2.45, 2.75) is 57.8 Å². The molecule has 27 heavy (non-hydrogen) atoms. The van der Waals surface area contributed by atoms with Gasteiger partial charge in [-0.2, -0.15) is 0 Å². The molecule has 0 N–H and O–H groups in total. The zero-order valence-electron chi connectivity index (χ0n) is 16.2. The lowest BCUT2D eigenvalue weighted by atomic mass is 9.84. The minimum Gasteiger partial charge on any atom is -0.494 e. The number of esters is 1. The molecule has 1 fully saturated rings. The van der Waals surface area contributed by atoms with Gasteiger partial charge in [0.2, 0.25) is 0 Å². The van der Waals surface area contributed by atoms with E-state index in [9.17, 15) is 4.79 Å². The standard InChI is InChI=1S/C24H29O3/c1-2-3-7-18-26-22-14-12-21(13-15-22)24(25)27-23-16-10-20(11-17-23)19-8-5-4-6-9-19/h4,10-17,19H,2-3,5-9,18H2,1H3. The lowest BCUT2D eigenvalue weighted by Crippen LogP contribution is -2.09. The first-order chi connectivity index (χ1) is 13.3. The molecular formula is C24H29O3. The summed E-state index contributed by atoms with van der Waals surface area (Å²) in [5, 5.41) is 0. The van der Waals surface area contributed by atoms with E-state index in [0.29, 0.717) is 23.8 Å². The summed E-state index contributed by atoms with van der Waals surface area (Å²) in [5.41, 5.74) is 1.87. The Hall–Kier alpha value is -2.29. The second kappa shape index (κ2) is 10.1. The van der Waals surface area contributed by atoms with E-state index in [-0.39, 0.29) is 5.97 Å². The molecule has 0 aromatic heterocycles. The summed E-state index contributed by atoms with van der Waals surface area (Å²) >= 11 is 0. The van der Waals surface area contributed by atoms with Crippen molar-refractivity contribution in [1.29, 1.82) is 0 Å². The zero-order chi connectivity index (χ0) is 18.9. The molecule has 0 heterocycles. The van der Waals surface area contributed by atoms with E-state index in [1.807, 2.05) is 24.3 Å². The second-order valence-electron chi connectivity index (χ2n) is 7.18. The number of unbranched alkanes of at least 4 members (excludes halogenated alkanes) is 2. The van der Waals surface area contributed by atoms with Gasteiger partial charge in [-0.25, -0.2) is 4.79 Å². The fourth-order valence-electron chi connectivity index (χ4n) is 3.46. The third-order valence-electron chi connectivity index (χ3n) is 5.11. The number of carbonyl (C=O) groups is 1. The number of carbonyl (C=O) groups excluding carboxylic acids is 1. The molecule has 0 unspecified atom stereocenters. The van der Waals surface area contributed by atoms with Crippen molar-refractivity contribution in [1.82, 2.24) is 0 Å². The Morgan fingerprint density at radius 1 is 0.926 bits per heavy atom. The van der Waals surface area contributed by atoms with Gasteiger partial charge < -0.3 is 9.47 Å². The molecule has 0 bridgehead atoms. The van der Waals surface area contributed by atoms with E-state index in [1.54, 1.807) is 12.1 Å². The Morgan fingerprint density at radius 2 is 1.59 bits per heavy atom. The number of benzene rings is 2. The Bertz CT molecular complexity index is 697. The Kier molecular flexibility index (Phi) is 7.32. The van der Waals surface area contributed by atoms with E-state index >= 15 is 0 Å². The van der Waals surface area contributed by atoms with E-state index in [0.717, 1.165) is 12.2 Å². The number of rotatable bonds is 8. The first kappa shape index (κ1) is 19.5. The molecular weight excluding hydrogens is 336 g/mol. The van der Waals surface area contributed by atoms with Crippen LogP contribution in [0.25, 0.3) is 0 Å². The second-order valence-corrected chi connectivity index (χ2v) is 7.18. The van der Waals surface area contributed by atoms with Gasteiger partial charge in [0.05, 0.1) is 12.2 Å². The molecule has 1 aliphatic rings. The molecule has 1 saturated carbocycles. The molecule has 0 saturated heterocycles. The van der Waals surface area contributed by atoms with Gasteiger partial charge in [-0.1, -0.05) is 31.9 Å². The van der Waals surface area contributed by atoms with E-state index in [1.165, 1.54) is 44.1 Å². The molecule has 0 spiro atoms. The van der Waals surface area contributed by atoms with Crippen LogP contribution in [0.1, 0.15) is 73.7 Å². The fourth-order valence-corrected chi connectivity index (χ4v) is 3.46. The maximum atomic E-state index is 12.3. The van der Waals surface area contributed by atoms with Crippen molar-refractivity contribution >= 4 is 5.97 Å². The molecule has 143 valence electrons. The van der Waals surface area contributed by atoms with E-state index in [2.05, 4.69) is 25.5 Å². The van der Waals surface area contributed by atoms with E-state index in [4.69, 9.17) is 9.47 Å². The molecule has 2 aromatic carbocycles. The van der Waals surface area contributed by atoms with Gasteiger partial charge in [0.1, 0.15) is 11.5 Å². The molecule has 0 aliphatic heterocycles. The molecule has 1 aliphatic carbocycles. The van der Waals surface area contributed by atoms with E-state index < -0.39 is 0 Å². The Balaban J connectivity index is 1.52. The highest BCUT2D eigenvalue weighted by molar-refractivity contribution is 5.91. The van der Waals surface area contributed by atoms with Crippen LogP contribution < -0.4 is 9.47 Å². The topological polar surface area (TPSA) is 35.5 Å². The molecule has 1 radical (unpaired) electrons. The first-order valence-corrected chi connectivity index (χ1v) is 10.1. The smallest absolute Gasteiger partial charge is 0.343 e. The summed E-state index contributed by atoms with van der Waals surface area (Å²) < 4.78 is 11.2. The molecule has 0 amide bonds. The minimum absolute atomic E-state index is 0.340. The van der Waals surface area contributed by atoms with Crippen molar-refractivity contribution in [2.75, 3.05) is 6.61 Å². The van der Waals surface area contributed by atoms with Gasteiger partial charge in [0.25, 0.3) is 0 Å². The van der Waals surface area contributed by atoms with Gasteiger partial charge in [-0.3, -0.25) is 0 Å². The van der Waals surface area contributed by atoms with Crippen molar-refractivity contribution in [3.63, 3.8) is 0 Å². The van der Waals surface area contributed by atoms with Crippen molar-refractivity contribution in [3.05, 3.63) is 66.1 Å². The summed E-state index contributed by atoms with van der Waals surface area (Å²) in [5.74, 6) is 1.67. The number of hydrogen-bond donors (Lipinski definition) is 0. The van der Waals surface area contributed by atoms with Gasteiger partial charge in [-0.05, 0) is 86.4 Å². The number of hydrogen-bond acceptors (Lipinski definition) is 3. The van der Waals surface area contributed by atoms with Gasteiger partial charge in [-0.15, -0.1) is 0 Å². The van der Waals surface area contributed by atoms with Crippen LogP contribution in [0.3, 0.4) is 0 Å². The monoisotopic (exact) mass is 365 g/mol. The van der Waals surface area contributed by atoms with Crippen LogP contribution in [0.4, 0.5) is 0 Å². The van der Waals surface area contributed by atoms with Crippen LogP contribution in [-0.2, 0) is 0 Å². The molecule has 3 nitrogen and oxygen atoms in total. The minimum atomic E-state index is -0.340. The number of ether oxygens (including phenoxy) is 2. The van der Waals surface area contributed by atoms with Crippen LogP contribution in [0.5, 0.6) is 11.5 Å². The van der Waals surface area contributed by atoms with Crippen LogP contribution in [-0.4, -0.2) is 12.6 Å². The highest BCUT2D eigenvalue weighted by atomic mass is 16.5. The Morgan fingerprint density at radius 3 is 2.26 bits per heavy atom. The maximum Gasteiger partial charge on any atom is 0.343 e. The summed E-state index contributed by atoms with van der Waals surface area (Å²) in [6.45, 7) is 2.88. The predicted octanol–water partition coefficient (Wildman–Crippen LogP) is 6.34. The maximum absolute atomic E-state index is 12.3. The van der Waals surface area contributed by atoms with Crippen molar-refractivity contribution < 1.29 is 14.3 Å². The highest BCUT2D eigenvalue weighted by Gasteiger charge is 2.16. The molecule has 3 heteroatoms. The summed E-state index contributed by atoms with van der Waals surface area (Å²) in [6.07, 6.45) is 10.6. The average molecular weight is 365 g/mol. The predicted molar refractivity (Wildman–Crippen MR) is 108 cm³/mol. The zero-order valence-corrected chi connectivity index (χ0v) is 16.2. The van der Waals surface area contributed by atoms with Crippen LogP contribution >= 0.6 is 0 Å². The van der Waals surface area contributed by atoms with Crippen LogP contribution in [0.2, 0.25) is 0 Å². The lowest BCUT2D eigenvalue weighted by Gasteiger charge is -2.21. The lowest BCUT2D eigenvalue weighted by molar-refractivity contribution is 0.0734.